The van der Waals surface area contributed by atoms with Crippen LogP contribution >= 0.6 is 11.8 Å². The Morgan fingerprint density at radius 3 is 2.84 bits per heavy atom. The van der Waals surface area contributed by atoms with Crippen molar-refractivity contribution in [2.45, 2.75) is 18.3 Å². The molecule has 1 fully saturated rings. The summed E-state index contributed by atoms with van der Waals surface area (Å²) in [7, 11) is 0. The molecule has 4 nitrogen and oxygen atoms in total. The van der Waals surface area contributed by atoms with E-state index < -0.39 is 6.04 Å². The zero-order valence-electron chi connectivity index (χ0n) is 10.5. The number of nitrogens with zero attached hydrogens (tertiary/aromatic N) is 1. The third-order valence-corrected chi connectivity index (χ3v) is 4.71. The van der Waals surface area contributed by atoms with E-state index in [1.165, 1.54) is 5.57 Å². The summed E-state index contributed by atoms with van der Waals surface area (Å²) < 4.78 is 0. The summed E-state index contributed by atoms with van der Waals surface area (Å²) >= 11 is 1.69. The summed E-state index contributed by atoms with van der Waals surface area (Å²) in [6.07, 6.45) is 1.88. The van der Waals surface area contributed by atoms with Crippen molar-refractivity contribution >= 4 is 23.6 Å². The second kappa shape index (κ2) is 4.74. The molecule has 2 aliphatic heterocycles. The molecule has 0 aromatic heterocycles. The minimum atomic E-state index is -0.401. The van der Waals surface area contributed by atoms with E-state index in [1.807, 2.05) is 31.3 Å². The van der Waals surface area contributed by atoms with E-state index in [2.05, 4.69) is 5.32 Å². The molecule has 2 heterocycles. The zero-order chi connectivity index (χ0) is 13.4. The van der Waals surface area contributed by atoms with Crippen LogP contribution in [0.15, 0.2) is 42.1 Å². The number of rotatable bonds is 2. The number of β-lactam (4-membered cyclic amide) rings is 1. The Labute approximate surface area is 115 Å². The van der Waals surface area contributed by atoms with Crippen LogP contribution in [0.1, 0.15) is 17.3 Å². The molecule has 1 saturated heterocycles. The summed E-state index contributed by atoms with van der Waals surface area (Å²) in [6, 6.07) is 8.57. The average Bonchev–Trinajstić information content (AvgIpc) is 2.45. The summed E-state index contributed by atoms with van der Waals surface area (Å²) in [5, 5.41) is 2.86. The van der Waals surface area contributed by atoms with Crippen molar-refractivity contribution in [3.8, 4) is 0 Å². The normalized spacial score (nSPS) is 25.2. The highest BCUT2D eigenvalue weighted by Gasteiger charge is 2.49. The van der Waals surface area contributed by atoms with Crippen molar-refractivity contribution in [2.24, 2.45) is 0 Å². The summed E-state index contributed by atoms with van der Waals surface area (Å²) in [4.78, 5) is 25.7. The van der Waals surface area contributed by atoms with Crippen LogP contribution in [0.2, 0.25) is 0 Å². The van der Waals surface area contributed by atoms with Gasteiger partial charge in [0.05, 0.1) is 0 Å². The second-order valence-electron chi connectivity index (χ2n) is 4.74. The minimum Gasteiger partial charge on any atom is -0.338 e. The number of amides is 2. The van der Waals surface area contributed by atoms with E-state index in [4.69, 9.17) is 0 Å². The van der Waals surface area contributed by atoms with Gasteiger partial charge >= 0.3 is 0 Å². The molecule has 0 radical (unpaired) electrons. The Bertz CT molecular complexity index is 556. The molecule has 5 heteroatoms. The lowest BCUT2D eigenvalue weighted by Gasteiger charge is -2.47. The highest BCUT2D eigenvalue weighted by molar-refractivity contribution is 8.00. The topological polar surface area (TPSA) is 49.4 Å². The van der Waals surface area contributed by atoms with Gasteiger partial charge in [-0.2, -0.15) is 0 Å². The molecule has 2 aliphatic rings. The first kappa shape index (κ1) is 12.3. The Morgan fingerprint density at radius 1 is 1.37 bits per heavy atom. The fourth-order valence-electron chi connectivity index (χ4n) is 2.24. The van der Waals surface area contributed by atoms with Crippen LogP contribution in [-0.2, 0) is 4.79 Å². The lowest BCUT2D eigenvalue weighted by Crippen LogP contribution is -2.68. The highest BCUT2D eigenvalue weighted by Crippen LogP contribution is 2.35. The summed E-state index contributed by atoms with van der Waals surface area (Å²) in [6.45, 7) is 2.01. The van der Waals surface area contributed by atoms with Crippen LogP contribution in [0, 0.1) is 0 Å². The van der Waals surface area contributed by atoms with E-state index >= 15 is 0 Å². The molecular formula is C14H14N2O2S. The first-order valence-corrected chi connectivity index (χ1v) is 7.18. The van der Waals surface area contributed by atoms with E-state index in [0.717, 1.165) is 5.75 Å². The first-order valence-electron chi connectivity index (χ1n) is 6.14. The van der Waals surface area contributed by atoms with Crippen LogP contribution in [0.5, 0.6) is 0 Å². The van der Waals surface area contributed by atoms with Gasteiger partial charge in [0.25, 0.3) is 11.8 Å². The third-order valence-electron chi connectivity index (χ3n) is 3.24. The SMILES string of the molecule is CC1=CN2C(=O)C(NC(=O)c3ccccc3)[C@H]2SC1. The highest BCUT2D eigenvalue weighted by atomic mass is 32.2. The average molecular weight is 274 g/mol. The monoisotopic (exact) mass is 274 g/mol. The van der Waals surface area contributed by atoms with Crippen LogP contribution in [0.25, 0.3) is 0 Å². The van der Waals surface area contributed by atoms with Crippen LogP contribution in [0.3, 0.4) is 0 Å². The number of carbonyl (C=O) groups excluding carboxylic acids is 2. The van der Waals surface area contributed by atoms with Crippen molar-refractivity contribution in [3.05, 3.63) is 47.7 Å². The van der Waals surface area contributed by atoms with Crippen molar-refractivity contribution in [3.63, 3.8) is 0 Å². The number of hydrogen-bond donors (Lipinski definition) is 1. The van der Waals surface area contributed by atoms with Gasteiger partial charge < -0.3 is 10.2 Å². The number of thioether (sulfide) groups is 1. The van der Waals surface area contributed by atoms with E-state index in [-0.39, 0.29) is 17.2 Å². The molecule has 3 rings (SSSR count). The van der Waals surface area contributed by atoms with Crippen LogP contribution in [0.4, 0.5) is 0 Å². The van der Waals surface area contributed by atoms with Crippen molar-refractivity contribution in [2.75, 3.05) is 5.75 Å². The lowest BCUT2D eigenvalue weighted by atomic mass is 10.1. The van der Waals surface area contributed by atoms with Gasteiger partial charge in [-0.05, 0) is 24.6 Å². The van der Waals surface area contributed by atoms with E-state index in [1.54, 1.807) is 28.8 Å². The van der Waals surface area contributed by atoms with E-state index in [0.29, 0.717) is 5.56 Å². The van der Waals surface area contributed by atoms with Gasteiger partial charge in [0.15, 0.2) is 0 Å². The molecule has 19 heavy (non-hydrogen) atoms. The van der Waals surface area contributed by atoms with Crippen molar-refractivity contribution in [1.82, 2.24) is 10.2 Å². The van der Waals surface area contributed by atoms with Crippen LogP contribution in [-0.4, -0.2) is 33.9 Å². The molecule has 1 aromatic carbocycles. The number of hydrogen-bond acceptors (Lipinski definition) is 3. The number of benzene rings is 1. The largest absolute Gasteiger partial charge is 0.338 e. The van der Waals surface area contributed by atoms with Gasteiger partial charge in [0, 0.05) is 17.5 Å². The molecule has 0 saturated carbocycles. The van der Waals surface area contributed by atoms with Gasteiger partial charge in [-0.25, -0.2) is 0 Å². The molecule has 0 aliphatic carbocycles. The molecule has 0 bridgehead atoms. The minimum absolute atomic E-state index is 0.0270. The lowest BCUT2D eigenvalue weighted by molar-refractivity contribution is -0.141. The number of carbonyl (C=O) groups is 2. The Morgan fingerprint density at radius 2 is 2.11 bits per heavy atom. The third kappa shape index (κ3) is 2.14. The van der Waals surface area contributed by atoms with Gasteiger partial charge in [-0.1, -0.05) is 18.2 Å². The van der Waals surface area contributed by atoms with Crippen molar-refractivity contribution < 1.29 is 9.59 Å². The fourth-order valence-corrected chi connectivity index (χ4v) is 3.45. The predicted octanol–water partition coefficient (Wildman–Crippen LogP) is 1.60. The fraction of sp³-hybridized carbons (Fsp3) is 0.286. The standard InChI is InChI=1S/C14H14N2O2S/c1-9-7-16-13(18)11(14(16)19-8-9)15-12(17)10-5-3-2-4-6-10/h2-7,11,14H,8H2,1H3,(H,15,17)/t11?,14-/m1/s1. The van der Waals surface area contributed by atoms with Crippen LogP contribution < -0.4 is 5.32 Å². The molecule has 1 unspecified atom stereocenters. The van der Waals surface area contributed by atoms with Gasteiger partial charge in [-0.15, -0.1) is 11.8 Å². The summed E-state index contributed by atoms with van der Waals surface area (Å²) in [5.74, 6) is 0.692. The van der Waals surface area contributed by atoms with Gasteiger partial charge in [0.2, 0.25) is 0 Å². The summed E-state index contributed by atoms with van der Waals surface area (Å²) in [5.41, 5.74) is 1.77. The Balaban J connectivity index is 1.69. The van der Waals surface area contributed by atoms with Crippen molar-refractivity contribution in [1.29, 1.82) is 0 Å². The quantitative estimate of drug-likeness (QED) is 0.833. The molecule has 2 atom stereocenters. The first-order chi connectivity index (χ1) is 9.16. The number of nitrogens with one attached hydrogen (secondary N) is 1. The molecular weight excluding hydrogens is 260 g/mol. The zero-order valence-corrected chi connectivity index (χ0v) is 11.3. The molecule has 0 spiro atoms. The number of fused-ring (bicyclic) bond motifs is 1. The molecule has 98 valence electrons. The molecule has 1 N–H and O–H groups in total. The maximum Gasteiger partial charge on any atom is 0.253 e. The maximum absolute atomic E-state index is 12.0. The second-order valence-corrected chi connectivity index (χ2v) is 5.84. The maximum atomic E-state index is 12.0. The van der Waals surface area contributed by atoms with Gasteiger partial charge in [-0.3, -0.25) is 9.59 Å². The Hall–Kier alpha value is -1.75. The predicted molar refractivity (Wildman–Crippen MR) is 74.5 cm³/mol. The molecule has 1 aromatic rings. The molecule has 2 amide bonds. The smallest absolute Gasteiger partial charge is 0.253 e. The van der Waals surface area contributed by atoms with Gasteiger partial charge in [0.1, 0.15) is 11.4 Å². The van der Waals surface area contributed by atoms with E-state index in [9.17, 15) is 9.59 Å². The Kier molecular flexibility index (Phi) is 3.06.